The minimum absolute atomic E-state index is 0.0704. The third-order valence-electron chi connectivity index (χ3n) is 5.49. The molecule has 0 fully saturated rings. The Morgan fingerprint density at radius 3 is 2.11 bits per heavy atom. The van der Waals surface area contributed by atoms with Crippen molar-refractivity contribution in [3.63, 3.8) is 0 Å². The monoisotopic (exact) mass is 521 g/mol. The predicted octanol–water partition coefficient (Wildman–Crippen LogP) is 4.39. The van der Waals surface area contributed by atoms with Gasteiger partial charge in [-0.15, -0.1) is 0 Å². The van der Waals surface area contributed by atoms with E-state index < -0.39 is 34.1 Å². The average molecular weight is 522 g/mol. The highest BCUT2D eigenvalue weighted by Crippen LogP contribution is 2.23. The Morgan fingerprint density at radius 1 is 1.03 bits per heavy atom. The van der Waals surface area contributed by atoms with Gasteiger partial charge in [0.1, 0.15) is 12.6 Å². The van der Waals surface area contributed by atoms with Crippen LogP contribution in [0.4, 0.5) is 5.69 Å². The highest BCUT2D eigenvalue weighted by Gasteiger charge is 2.33. The second-order valence-electron chi connectivity index (χ2n) is 9.57. The number of halogens is 1. The van der Waals surface area contributed by atoms with E-state index in [2.05, 4.69) is 5.32 Å². The Morgan fingerprint density at radius 2 is 1.63 bits per heavy atom. The molecule has 2 aromatic rings. The van der Waals surface area contributed by atoms with Crippen LogP contribution in [-0.4, -0.2) is 49.5 Å². The van der Waals surface area contributed by atoms with Crippen LogP contribution in [0.25, 0.3) is 0 Å². The standard InChI is InChI=1S/C26H36ClN3O4S/c1-7-19-13-15-21(16-14-19)30(35(6,33)34)18-24(31)29(17-20-11-9-10-12-22(20)27)23(8-2)25(32)28-26(3,4)5/h9-16,23H,7-8,17-18H2,1-6H3,(H,28,32)/t23-/m1/s1. The van der Waals surface area contributed by atoms with Gasteiger partial charge in [0.15, 0.2) is 0 Å². The van der Waals surface area contributed by atoms with Gasteiger partial charge in [-0.05, 0) is 62.9 Å². The van der Waals surface area contributed by atoms with Gasteiger partial charge in [-0.2, -0.15) is 0 Å². The summed E-state index contributed by atoms with van der Waals surface area (Å²) in [4.78, 5) is 28.3. The molecule has 0 spiro atoms. The number of nitrogens with one attached hydrogen (secondary N) is 1. The lowest BCUT2D eigenvalue weighted by atomic mass is 10.1. The minimum Gasteiger partial charge on any atom is -0.350 e. The molecule has 0 unspecified atom stereocenters. The van der Waals surface area contributed by atoms with Crippen molar-refractivity contribution >= 4 is 39.1 Å². The normalized spacial score (nSPS) is 12.7. The molecule has 0 aliphatic heterocycles. The maximum atomic E-state index is 13.7. The van der Waals surface area contributed by atoms with Crippen molar-refractivity contribution < 1.29 is 18.0 Å². The average Bonchev–Trinajstić information content (AvgIpc) is 2.76. The summed E-state index contributed by atoms with van der Waals surface area (Å²) in [5, 5.41) is 3.40. The van der Waals surface area contributed by atoms with Gasteiger partial charge in [0.2, 0.25) is 21.8 Å². The van der Waals surface area contributed by atoms with E-state index in [4.69, 9.17) is 11.6 Å². The third-order valence-corrected chi connectivity index (χ3v) is 7.00. The number of rotatable bonds is 10. The number of hydrogen-bond donors (Lipinski definition) is 1. The summed E-state index contributed by atoms with van der Waals surface area (Å²) < 4.78 is 26.4. The van der Waals surface area contributed by atoms with Gasteiger partial charge in [-0.1, -0.05) is 55.8 Å². The van der Waals surface area contributed by atoms with Gasteiger partial charge < -0.3 is 10.2 Å². The molecule has 0 saturated carbocycles. The first-order valence-electron chi connectivity index (χ1n) is 11.7. The van der Waals surface area contributed by atoms with Crippen LogP contribution in [0.2, 0.25) is 5.02 Å². The van der Waals surface area contributed by atoms with Crippen LogP contribution in [0.1, 0.15) is 52.2 Å². The Kier molecular flexibility index (Phi) is 9.75. The van der Waals surface area contributed by atoms with E-state index in [1.165, 1.54) is 4.90 Å². The predicted molar refractivity (Wildman–Crippen MR) is 142 cm³/mol. The number of nitrogens with zero attached hydrogens (tertiary/aromatic N) is 2. The minimum atomic E-state index is -3.77. The fourth-order valence-corrected chi connectivity index (χ4v) is 4.74. The molecule has 9 heteroatoms. The molecule has 0 aliphatic rings. The van der Waals surface area contributed by atoms with E-state index in [0.29, 0.717) is 22.7 Å². The molecule has 0 aromatic heterocycles. The van der Waals surface area contributed by atoms with Crippen LogP contribution in [0, 0.1) is 0 Å². The smallest absolute Gasteiger partial charge is 0.244 e. The van der Waals surface area contributed by atoms with Gasteiger partial charge in [0, 0.05) is 17.1 Å². The molecule has 0 heterocycles. The Bertz CT molecular complexity index is 1130. The molecule has 2 rings (SSSR count). The molecular weight excluding hydrogens is 486 g/mol. The molecule has 0 aliphatic carbocycles. The summed E-state index contributed by atoms with van der Waals surface area (Å²) in [5.41, 5.74) is 1.62. The van der Waals surface area contributed by atoms with Gasteiger partial charge in [-0.3, -0.25) is 13.9 Å². The number of carbonyl (C=O) groups is 2. The van der Waals surface area contributed by atoms with Crippen molar-refractivity contribution in [3.05, 3.63) is 64.7 Å². The molecule has 35 heavy (non-hydrogen) atoms. The summed E-state index contributed by atoms with van der Waals surface area (Å²) in [7, 11) is -3.77. The van der Waals surface area contributed by atoms with Gasteiger partial charge in [-0.25, -0.2) is 8.42 Å². The van der Waals surface area contributed by atoms with E-state index in [-0.39, 0.29) is 12.5 Å². The molecule has 2 amide bonds. The SMILES string of the molecule is CCc1ccc(N(CC(=O)N(Cc2ccccc2Cl)[C@H](CC)C(=O)NC(C)(C)C)S(C)(=O)=O)cc1. The van der Waals surface area contributed by atoms with Crippen molar-refractivity contribution in [1.29, 1.82) is 0 Å². The number of carbonyl (C=O) groups excluding carboxylic acids is 2. The lowest BCUT2D eigenvalue weighted by molar-refractivity contribution is -0.141. The summed E-state index contributed by atoms with van der Waals surface area (Å²) >= 11 is 6.36. The van der Waals surface area contributed by atoms with Crippen LogP contribution < -0.4 is 9.62 Å². The summed E-state index contributed by atoms with van der Waals surface area (Å²) in [5.74, 6) is -0.801. The summed E-state index contributed by atoms with van der Waals surface area (Å²) in [6.07, 6.45) is 2.23. The molecule has 192 valence electrons. The first-order valence-corrected chi connectivity index (χ1v) is 13.9. The number of aryl methyl sites for hydroxylation is 1. The van der Waals surface area contributed by atoms with E-state index in [1.807, 2.05) is 46.8 Å². The quantitative estimate of drug-likeness (QED) is 0.502. The zero-order valence-corrected chi connectivity index (χ0v) is 22.9. The first kappa shape index (κ1) is 28.7. The molecule has 0 saturated heterocycles. The largest absolute Gasteiger partial charge is 0.350 e. The number of anilines is 1. The van der Waals surface area contributed by atoms with Crippen LogP contribution in [0.5, 0.6) is 0 Å². The zero-order chi connectivity index (χ0) is 26.4. The Labute approximate surface area is 214 Å². The molecule has 7 nitrogen and oxygen atoms in total. The highest BCUT2D eigenvalue weighted by atomic mass is 35.5. The van der Waals surface area contributed by atoms with Gasteiger partial charge >= 0.3 is 0 Å². The van der Waals surface area contributed by atoms with Crippen LogP contribution >= 0.6 is 11.6 Å². The van der Waals surface area contributed by atoms with E-state index in [1.54, 1.807) is 36.4 Å². The fourth-order valence-electron chi connectivity index (χ4n) is 3.69. The third kappa shape index (κ3) is 8.25. The highest BCUT2D eigenvalue weighted by molar-refractivity contribution is 7.92. The van der Waals surface area contributed by atoms with E-state index in [9.17, 15) is 18.0 Å². The van der Waals surface area contributed by atoms with Crippen LogP contribution in [0.15, 0.2) is 48.5 Å². The zero-order valence-electron chi connectivity index (χ0n) is 21.3. The van der Waals surface area contributed by atoms with Crippen molar-refractivity contribution in [2.45, 2.75) is 65.6 Å². The molecule has 0 radical (unpaired) electrons. The Hall–Kier alpha value is -2.58. The lowest BCUT2D eigenvalue weighted by Crippen LogP contribution is -2.55. The maximum absolute atomic E-state index is 13.7. The van der Waals surface area contributed by atoms with Crippen LogP contribution in [-0.2, 0) is 32.6 Å². The summed E-state index contributed by atoms with van der Waals surface area (Å²) in [6, 6.07) is 13.3. The van der Waals surface area contributed by atoms with E-state index >= 15 is 0 Å². The molecule has 1 atom stereocenters. The second kappa shape index (κ2) is 11.9. The molecule has 1 N–H and O–H groups in total. The van der Waals surface area contributed by atoms with Crippen molar-refractivity contribution in [1.82, 2.24) is 10.2 Å². The topological polar surface area (TPSA) is 86.8 Å². The van der Waals surface area contributed by atoms with Crippen molar-refractivity contribution in [2.75, 3.05) is 17.1 Å². The van der Waals surface area contributed by atoms with Gasteiger partial charge in [0.25, 0.3) is 0 Å². The molecule has 2 aromatic carbocycles. The second-order valence-corrected chi connectivity index (χ2v) is 11.9. The van der Waals surface area contributed by atoms with Crippen molar-refractivity contribution in [3.8, 4) is 0 Å². The lowest BCUT2D eigenvalue weighted by Gasteiger charge is -2.34. The first-order chi connectivity index (χ1) is 16.3. The van der Waals surface area contributed by atoms with Crippen molar-refractivity contribution in [2.24, 2.45) is 0 Å². The number of benzene rings is 2. The number of hydrogen-bond acceptors (Lipinski definition) is 4. The van der Waals surface area contributed by atoms with E-state index in [0.717, 1.165) is 22.5 Å². The fraction of sp³-hybridized carbons (Fsp3) is 0.462. The number of amides is 2. The van der Waals surface area contributed by atoms with Crippen LogP contribution in [0.3, 0.4) is 0 Å². The summed E-state index contributed by atoms with van der Waals surface area (Å²) in [6.45, 7) is 9.05. The molecular formula is C26H36ClN3O4S. The van der Waals surface area contributed by atoms with Gasteiger partial charge in [0.05, 0.1) is 11.9 Å². The Balaban J connectivity index is 2.46. The maximum Gasteiger partial charge on any atom is 0.244 e. The number of sulfonamides is 1. The molecule has 0 bridgehead atoms.